The van der Waals surface area contributed by atoms with Crippen LogP contribution in [0.4, 0.5) is 0 Å². The molecule has 52 valence electrons. The van der Waals surface area contributed by atoms with Crippen molar-refractivity contribution >= 4 is 67.9 Å². The average Bonchev–Trinajstić information content (AvgIpc) is 1.61. The second-order valence-corrected chi connectivity index (χ2v) is 2.86. The van der Waals surface area contributed by atoms with Crippen molar-refractivity contribution in [3.63, 3.8) is 0 Å². The van der Waals surface area contributed by atoms with Crippen LogP contribution < -0.4 is 0 Å². The first-order valence-corrected chi connectivity index (χ1v) is 5.03. The minimum absolute atomic E-state index is 0. The Morgan fingerprint density at radius 1 is 1.50 bits per heavy atom. The standard InChI is InChI=1S/C3H5.2Na.H2O4S.H/c1-3-2;;;1-5(2,3)4;/h3H,1-2H2;;;(H2,1,2,3,4);. The molecule has 0 unspecified atom stereocenters. The van der Waals surface area contributed by atoms with Gasteiger partial charge in [0.15, 0.2) is 0 Å². The Hall–Kier alpha value is 1.61. The summed E-state index contributed by atoms with van der Waals surface area (Å²) < 4.78 is 32.8. The van der Waals surface area contributed by atoms with E-state index < -0.39 is 10.4 Å². The molecule has 0 aliphatic heterocycles. The molecule has 0 aliphatic rings. The Morgan fingerprint density at radius 2 is 1.60 bits per heavy atom. The number of allylic oxidation sites excluding steroid dienone is 1. The van der Waals surface area contributed by atoms with Gasteiger partial charge in [-0.3, -0.25) is 9.11 Å². The van der Waals surface area contributed by atoms with Gasteiger partial charge in [-0.25, -0.2) is 0 Å². The van der Waals surface area contributed by atoms with E-state index >= 15 is 0 Å². The quantitative estimate of drug-likeness (QED) is 0.327. The molecule has 0 saturated heterocycles. The minimum atomic E-state index is -4.67. The van der Waals surface area contributed by atoms with E-state index in [4.69, 9.17) is 17.5 Å². The Morgan fingerprint density at radius 3 is 1.60 bits per heavy atom. The first kappa shape index (κ1) is 17.6. The Labute approximate surface area is 100 Å². The summed E-state index contributed by atoms with van der Waals surface area (Å²) in [5, 5.41) is 0. The molecule has 10 heavy (non-hydrogen) atoms. The van der Waals surface area contributed by atoms with E-state index in [0.717, 1.165) is 0 Å². The van der Waals surface area contributed by atoms with Crippen molar-refractivity contribution in [3.8, 4) is 0 Å². The molecule has 7 heteroatoms. The Bertz CT molecular complexity index is 144. The van der Waals surface area contributed by atoms with Gasteiger partial charge in [-0.1, -0.05) is 0 Å². The van der Waals surface area contributed by atoms with E-state index in [1.165, 1.54) is 31.6 Å². The van der Waals surface area contributed by atoms with E-state index in [9.17, 15) is 0 Å². The van der Waals surface area contributed by atoms with Crippen molar-refractivity contribution in [2.75, 3.05) is 0 Å². The fraction of sp³-hybridized carbons (Fsp3) is 0.333. The maximum absolute atomic E-state index is 8.74. The molecule has 0 atom stereocenters. The molecule has 0 aliphatic carbocycles. The molecule has 0 bridgehead atoms. The van der Waals surface area contributed by atoms with Crippen molar-refractivity contribution in [2.45, 2.75) is 3.67 Å². The summed E-state index contributed by atoms with van der Waals surface area (Å²) in [5.74, 6) is 0. The normalized spacial score (nSPS) is 8.40. The summed E-state index contributed by atoms with van der Waals surface area (Å²) in [6.07, 6.45) is 1.94. The molecule has 0 aromatic rings. The molecule has 0 spiro atoms. The molecular formula is C3H8Na2O4S. The number of rotatable bonds is 1. The summed E-state index contributed by atoms with van der Waals surface area (Å²) in [7, 11) is -4.67. The van der Waals surface area contributed by atoms with E-state index in [2.05, 4.69) is 6.58 Å². The second kappa shape index (κ2) is 10.6. The fourth-order valence-corrected chi connectivity index (χ4v) is 0. The molecule has 2 N–H and O–H groups in total. The van der Waals surface area contributed by atoms with Gasteiger partial charge in [-0.05, 0) is 0 Å². The van der Waals surface area contributed by atoms with Crippen molar-refractivity contribution < 1.29 is 17.5 Å². The van der Waals surface area contributed by atoms with Gasteiger partial charge in [-0.15, -0.1) is 0 Å². The topological polar surface area (TPSA) is 74.6 Å². The van der Waals surface area contributed by atoms with Crippen LogP contribution in [-0.2, 0) is 10.4 Å². The van der Waals surface area contributed by atoms with E-state index in [0.29, 0.717) is 0 Å². The summed E-state index contributed by atoms with van der Waals surface area (Å²) in [5.41, 5.74) is 0. The van der Waals surface area contributed by atoms with Crippen LogP contribution in [0.5, 0.6) is 0 Å². The number of hydrogen-bond donors (Lipinski definition) is 2. The molecular weight excluding hydrogens is 178 g/mol. The van der Waals surface area contributed by atoms with Crippen LogP contribution in [0.3, 0.4) is 0 Å². The van der Waals surface area contributed by atoms with Gasteiger partial charge in [0, 0.05) is 0 Å². The van der Waals surface area contributed by atoms with Gasteiger partial charge in [0.2, 0.25) is 0 Å². The van der Waals surface area contributed by atoms with Gasteiger partial charge in [0.05, 0.1) is 0 Å². The summed E-state index contributed by atoms with van der Waals surface area (Å²) in [4.78, 5) is 0. The average molecular weight is 186 g/mol. The fourth-order valence-electron chi connectivity index (χ4n) is 0. The Kier molecular flexibility index (Phi) is 18.7. The van der Waals surface area contributed by atoms with Crippen molar-refractivity contribution in [2.24, 2.45) is 0 Å². The van der Waals surface area contributed by atoms with Crippen LogP contribution in [-0.4, -0.2) is 75.0 Å². The van der Waals surface area contributed by atoms with Crippen LogP contribution in [0.15, 0.2) is 12.7 Å². The third-order valence-corrected chi connectivity index (χ3v) is 0.866. The molecule has 4 nitrogen and oxygen atoms in total. The van der Waals surface area contributed by atoms with Crippen LogP contribution in [0.2, 0.25) is 3.67 Å². The van der Waals surface area contributed by atoms with Crippen molar-refractivity contribution in [1.29, 1.82) is 0 Å². The van der Waals surface area contributed by atoms with Gasteiger partial charge in [-0.2, -0.15) is 8.42 Å². The Balaban J connectivity index is -0.0000000910. The van der Waals surface area contributed by atoms with Crippen LogP contribution in [0.25, 0.3) is 0 Å². The monoisotopic (exact) mass is 186 g/mol. The molecule has 0 heterocycles. The predicted octanol–water partition coefficient (Wildman–Crippen LogP) is -0.542. The molecule has 0 fully saturated rings. The van der Waals surface area contributed by atoms with Gasteiger partial charge in [0.1, 0.15) is 0 Å². The predicted molar refractivity (Wildman–Crippen MR) is 42.1 cm³/mol. The van der Waals surface area contributed by atoms with Gasteiger partial charge < -0.3 is 0 Å². The molecule has 0 rings (SSSR count). The van der Waals surface area contributed by atoms with E-state index in [-0.39, 0.29) is 29.6 Å². The van der Waals surface area contributed by atoms with E-state index in [1.807, 2.05) is 6.08 Å². The van der Waals surface area contributed by atoms with Crippen LogP contribution >= 0.6 is 0 Å². The molecule has 0 aromatic heterocycles. The molecule has 0 saturated carbocycles. The van der Waals surface area contributed by atoms with Gasteiger partial charge in [0.25, 0.3) is 0 Å². The molecule has 0 radical (unpaired) electrons. The number of hydrogen-bond acceptors (Lipinski definition) is 2. The van der Waals surface area contributed by atoms with Crippen molar-refractivity contribution in [3.05, 3.63) is 12.7 Å². The first-order valence-electron chi connectivity index (χ1n) is 2.22. The zero-order valence-electron chi connectivity index (χ0n) is 5.11. The molecule has 0 amide bonds. The van der Waals surface area contributed by atoms with Gasteiger partial charge >= 0.3 is 84.2 Å². The maximum atomic E-state index is 8.74. The zero-order valence-corrected chi connectivity index (χ0v) is 7.93. The van der Waals surface area contributed by atoms with Crippen LogP contribution in [0, 0.1) is 0 Å². The van der Waals surface area contributed by atoms with Crippen LogP contribution in [0.1, 0.15) is 0 Å². The zero-order chi connectivity index (χ0) is 7.91. The van der Waals surface area contributed by atoms with Crippen molar-refractivity contribution in [1.82, 2.24) is 0 Å². The summed E-state index contributed by atoms with van der Waals surface area (Å²) in [6.45, 7) is 3.51. The first-order chi connectivity index (χ1) is 3.91. The summed E-state index contributed by atoms with van der Waals surface area (Å²) >= 11 is 1.27. The second-order valence-electron chi connectivity index (χ2n) is 1.14. The molecule has 0 aromatic carbocycles. The SMILES string of the molecule is C=C[CH2][Na].O=S(=O)(O)O.[NaH]. The third-order valence-electron chi connectivity index (χ3n) is 0.289. The summed E-state index contributed by atoms with van der Waals surface area (Å²) in [6, 6.07) is 0. The van der Waals surface area contributed by atoms with E-state index in [1.54, 1.807) is 0 Å². The third kappa shape index (κ3) is 105.